The number of hydrogen-bond donors (Lipinski definition) is 1. The molecule has 0 aromatic carbocycles. The molecule has 1 heteroatoms. The van der Waals surface area contributed by atoms with Gasteiger partial charge < -0.3 is 5.73 Å². The van der Waals surface area contributed by atoms with Crippen LogP contribution in [0.15, 0.2) is 11.6 Å². The van der Waals surface area contributed by atoms with Crippen molar-refractivity contribution in [1.82, 2.24) is 0 Å². The fraction of sp³-hybridized carbons (Fsp3) is 0.778. The highest BCUT2D eigenvalue weighted by atomic mass is 14.5. The molecule has 10 heavy (non-hydrogen) atoms. The lowest BCUT2D eigenvalue weighted by molar-refractivity contribution is 0.584. The van der Waals surface area contributed by atoms with Crippen molar-refractivity contribution in [3.05, 3.63) is 11.6 Å². The third-order valence-corrected chi connectivity index (χ3v) is 1.58. The molecule has 0 spiro atoms. The Morgan fingerprint density at radius 2 is 2.10 bits per heavy atom. The highest BCUT2D eigenvalue weighted by Gasteiger charge is 1.93. The molecule has 0 amide bonds. The van der Waals surface area contributed by atoms with E-state index in [0.717, 1.165) is 5.92 Å². The first-order chi connectivity index (χ1) is 4.66. The molecule has 2 N–H and O–H groups in total. The van der Waals surface area contributed by atoms with Gasteiger partial charge in [-0.2, -0.15) is 0 Å². The summed E-state index contributed by atoms with van der Waals surface area (Å²) < 4.78 is 0. The van der Waals surface area contributed by atoms with Crippen molar-refractivity contribution < 1.29 is 0 Å². The van der Waals surface area contributed by atoms with Gasteiger partial charge in [-0.15, -0.1) is 0 Å². The van der Waals surface area contributed by atoms with Crippen LogP contribution in [0.1, 0.15) is 33.6 Å². The van der Waals surface area contributed by atoms with E-state index < -0.39 is 0 Å². The minimum Gasteiger partial charge on any atom is -0.327 e. The van der Waals surface area contributed by atoms with Gasteiger partial charge in [0.15, 0.2) is 0 Å². The van der Waals surface area contributed by atoms with Crippen molar-refractivity contribution in [2.45, 2.75) is 33.6 Å². The first-order valence-electron chi connectivity index (χ1n) is 4.02. The van der Waals surface area contributed by atoms with Gasteiger partial charge in [-0.1, -0.05) is 25.5 Å². The Morgan fingerprint density at radius 1 is 1.50 bits per heavy atom. The topological polar surface area (TPSA) is 26.0 Å². The Kier molecular flexibility index (Phi) is 5.32. The van der Waals surface area contributed by atoms with Gasteiger partial charge >= 0.3 is 0 Å². The van der Waals surface area contributed by atoms with Gasteiger partial charge in [-0.3, -0.25) is 0 Å². The zero-order chi connectivity index (χ0) is 7.98. The van der Waals surface area contributed by atoms with E-state index in [1.807, 2.05) is 0 Å². The van der Waals surface area contributed by atoms with Gasteiger partial charge in [0, 0.05) is 6.54 Å². The van der Waals surface area contributed by atoms with E-state index in [1.165, 1.54) is 18.4 Å². The molecule has 0 radical (unpaired) electrons. The number of allylic oxidation sites excluding steroid dienone is 1. The smallest absolute Gasteiger partial charge is 0.0109 e. The largest absolute Gasteiger partial charge is 0.327 e. The zero-order valence-electron chi connectivity index (χ0n) is 7.35. The van der Waals surface area contributed by atoms with Gasteiger partial charge in [-0.05, 0) is 25.7 Å². The van der Waals surface area contributed by atoms with Crippen LogP contribution in [0, 0.1) is 5.92 Å². The van der Waals surface area contributed by atoms with Crippen LogP contribution in [0.5, 0.6) is 0 Å². The third-order valence-electron chi connectivity index (χ3n) is 1.58. The summed E-state index contributed by atoms with van der Waals surface area (Å²) in [5, 5.41) is 0. The quantitative estimate of drug-likeness (QED) is 0.597. The lowest BCUT2D eigenvalue weighted by atomic mass is 10.0. The predicted octanol–water partition coefficient (Wildman–Crippen LogP) is 2.33. The zero-order valence-corrected chi connectivity index (χ0v) is 7.35. The minimum atomic E-state index is 0.684. The van der Waals surface area contributed by atoms with Crippen LogP contribution in [0.2, 0.25) is 0 Å². The second-order valence-corrected chi connectivity index (χ2v) is 3.22. The minimum absolute atomic E-state index is 0.684. The van der Waals surface area contributed by atoms with Crippen LogP contribution in [-0.2, 0) is 0 Å². The average molecular weight is 141 g/mol. The summed E-state index contributed by atoms with van der Waals surface area (Å²) in [5.41, 5.74) is 6.79. The number of hydrogen-bond acceptors (Lipinski definition) is 1. The van der Waals surface area contributed by atoms with Crippen molar-refractivity contribution in [3.63, 3.8) is 0 Å². The Bertz CT molecular complexity index is 103. The molecular formula is C9H19N. The lowest BCUT2D eigenvalue weighted by Gasteiger charge is -2.03. The SMILES string of the molecule is CC(=CCN)CCC(C)C. The van der Waals surface area contributed by atoms with Crippen LogP contribution < -0.4 is 5.73 Å². The fourth-order valence-corrected chi connectivity index (χ4v) is 0.820. The highest BCUT2D eigenvalue weighted by Crippen LogP contribution is 2.09. The Hall–Kier alpha value is -0.300. The van der Waals surface area contributed by atoms with E-state index in [2.05, 4.69) is 26.8 Å². The van der Waals surface area contributed by atoms with E-state index in [9.17, 15) is 0 Å². The molecule has 1 nitrogen and oxygen atoms in total. The molecule has 0 fully saturated rings. The van der Waals surface area contributed by atoms with Crippen molar-refractivity contribution in [1.29, 1.82) is 0 Å². The summed E-state index contributed by atoms with van der Waals surface area (Å²) in [7, 11) is 0. The molecule has 60 valence electrons. The first-order valence-corrected chi connectivity index (χ1v) is 4.02. The van der Waals surface area contributed by atoms with Crippen molar-refractivity contribution in [2.24, 2.45) is 11.7 Å². The summed E-state index contributed by atoms with van der Waals surface area (Å²) in [6.07, 6.45) is 4.58. The standard InChI is InChI=1S/C9H19N/c1-8(2)4-5-9(3)6-7-10/h6,8H,4-5,7,10H2,1-3H3. The van der Waals surface area contributed by atoms with E-state index in [1.54, 1.807) is 0 Å². The molecule has 0 bridgehead atoms. The first kappa shape index (κ1) is 9.70. The van der Waals surface area contributed by atoms with Gasteiger partial charge in [0.1, 0.15) is 0 Å². The maximum absolute atomic E-state index is 5.36. The summed E-state index contributed by atoms with van der Waals surface area (Å²) in [6, 6.07) is 0. The van der Waals surface area contributed by atoms with Crippen molar-refractivity contribution in [3.8, 4) is 0 Å². The molecule has 0 aromatic heterocycles. The molecule has 0 unspecified atom stereocenters. The summed E-state index contributed by atoms with van der Waals surface area (Å²) in [4.78, 5) is 0. The highest BCUT2D eigenvalue weighted by molar-refractivity contribution is 4.98. The molecule has 0 aliphatic carbocycles. The summed E-state index contributed by atoms with van der Waals surface area (Å²) in [6.45, 7) is 7.32. The van der Waals surface area contributed by atoms with Gasteiger partial charge in [0.25, 0.3) is 0 Å². The van der Waals surface area contributed by atoms with Crippen LogP contribution >= 0.6 is 0 Å². The summed E-state index contributed by atoms with van der Waals surface area (Å²) in [5.74, 6) is 0.807. The third kappa shape index (κ3) is 5.83. The van der Waals surface area contributed by atoms with E-state index in [4.69, 9.17) is 5.73 Å². The maximum atomic E-state index is 5.36. The van der Waals surface area contributed by atoms with Crippen LogP contribution in [0.4, 0.5) is 0 Å². The van der Waals surface area contributed by atoms with Crippen LogP contribution in [0.3, 0.4) is 0 Å². The molecular weight excluding hydrogens is 122 g/mol. The molecule has 0 heterocycles. The van der Waals surface area contributed by atoms with E-state index >= 15 is 0 Å². The second-order valence-electron chi connectivity index (χ2n) is 3.22. The normalized spacial score (nSPS) is 12.7. The second kappa shape index (κ2) is 5.48. The maximum Gasteiger partial charge on any atom is 0.0109 e. The monoisotopic (exact) mass is 141 g/mol. The molecule has 0 aliphatic rings. The lowest BCUT2D eigenvalue weighted by Crippen LogP contribution is -1.95. The van der Waals surface area contributed by atoms with Crippen molar-refractivity contribution in [2.75, 3.05) is 6.54 Å². The number of rotatable bonds is 4. The van der Waals surface area contributed by atoms with Gasteiger partial charge in [-0.25, -0.2) is 0 Å². The Balaban J connectivity index is 3.39. The Morgan fingerprint density at radius 3 is 2.50 bits per heavy atom. The molecule has 0 aliphatic heterocycles. The number of nitrogens with two attached hydrogens (primary N) is 1. The molecule has 0 saturated carbocycles. The van der Waals surface area contributed by atoms with Gasteiger partial charge in [0.05, 0.1) is 0 Å². The molecule has 0 atom stereocenters. The van der Waals surface area contributed by atoms with Crippen LogP contribution in [-0.4, -0.2) is 6.54 Å². The van der Waals surface area contributed by atoms with Gasteiger partial charge in [0.2, 0.25) is 0 Å². The van der Waals surface area contributed by atoms with E-state index in [-0.39, 0.29) is 0 Å². The molecule has 0 rings (SSSR count). The predicted molar refractivity (Wildman–Crippen MR) is 46.9 cm³/mol. The fourth-order valence-electron chi connectivity index (χ4n) is 0.820. The van der Waals surface area contributed by atoms with Crippen molar-refractivity contribution >= 4 is 0 Å². The summed E-state index contributed by atoms with van der Waals surface area (Å²) >= 11 is 0. The molecule has 0 saturated heterocycles. The average Bonchev–Trinajstić information content (AvgIpc) is 1.85. The van der Waals surface area contributed by atoms with E-state index in [0.29, 0.717) is 6.54 Å². The molecule has 0 aromatic rings. The van der Waals surface area contributed by atoms with Crippen LogP contribution in [0.25, 0.3) is 0 Å². The Labute approximate surface area is 64.3 Å².